The highest BCUT2D eigenvalue weighted by molar-refractivity contribution is 7.92. The lowest BCUT2D eigenvalue weighted by Crippen LogP contribution is -2.32. The number of sulfonamides is 2. The van der Waals surface area contributed by atoms with E-state index in [0.717, 1.165) is 43.1 Å². The smallest absolute Gasteiger partial charge is 0.243 e. The number of nitrogens with zero attached hydrogens (tertiary/aromatic N) is 2. The number of anilines is 2. The first-order valence-corrected chi connectivity index (χ1v) is 15.2. The van der Waals surface area contributed by atoms with Gasteiger partial charge in [0.2, 0.25) is 26.0 Å². The van der Waals surface area contributed by atoms with Crippen molar-refractivity contribution in [1.82, 2.24) is 4.31 Å². The van der Waals surface area contributed by atoms with Gasteiger partial charge in [-0.25, -0.2) is 16.8 Å². The van der Waals surface area contributed by atoms with Crippen LogP contribution in [0.4, 0.5) is 11.4 Å². The van der Waals surface area contributed by atoms with Crippen LogP contribution < -0.4 is 9.62 Å². The number of benzene rings is 2. The van der Waals surface area contributed by atoms with Crippen molar-refractivity contribution in [1.29, 1.82) is 0 Å². The Hall–Kier alpha value is -2.43. The van der Waals surface area contributed by atoms with E-state index >= 15 is 0 Å². The molecule has 2 aromatic carbocycles. The van der Waals surface area contributed by atoms with Crippen molar-refractivity contribution in [2.45, 2.75) is 57.3 Å². The van der Waals surface area contributed by atoms with Gasteiger partial charge in [-0.3, -0.25) is 9.10 Å². The number of nitrogens with one attached hydrogen (secondary N) is 1. The topological polar surface area (TPSA) is 104 Å². The molecule has 1 N–H and O–H groups in total. The van der Waals surface area contributed by atoms with E-state index in [0.29, 0.717) is 30.9 Å². The third kappa shape index (κ3) is 7.28. The molecule has 1 aliphatic rings. The van der Waals surface area contributed by atoms with Gasteiger partial charge in [-0.2, -0.15) is 4.31 Å². The van der Waals surface area contributed by atoms with Crippen molar-refractivity contribution in [3.05, 3.63) is 53.6 Å². The highest BCUT2D eigenvalue weighted by atomic mass is 32.2. The van der Waals surface area contributed by atoms with Crippen LogP contribution in [0.5, 0.6) is 0 Å². The third-order valence-corrected chi connectivity index (χ3v) is 9.23. The van der Waals surface area contributed by atoms with Crippen LogP contribution in [0.3, 0.4) is 0 Å². The zero-order valence-electron chi connectivity index (χ0n) is 20.7. The molecule has 0 bridgehead atoms. The van der Waals surface area contributed by atoms with E-state index in [9.17, 15) is 21.6 Å². The SMILES string of the molecule is Cc1ccc(C)c(N(CCCC(=O)Nc2ccc(S(=O)(=O)N3CCCCCC3)cc2)S(C)(=O)=O)c1. The first-order chi connectivity index (χ1) is 16.5. The Morgan fingerprint density at radius 3 is 2.17 bits per heavy atom. The largest absolute Gasteiger partial charge is 0.326 e. The van der Waals surface area contributed by atoms with Gasteiger partial charge < -0.3 is 5.32 Å². The standard InChI is InChI=1S/C25H35N3O5S2/c1-20-10-11-21(2)24(19-20)28(34(3,30)31)18-8-9-25(29)26-22-12-14-23(15-13-22)35(32,33)27-16-6-4-5-7-17-27/h10-15,19H,4-9,16-18H2,1-3H3,(H,26,29). The maximum atomic E-state index is 12.9. The first-order valence-electron chi connectivity index (χ1n) is 11.9. The Bertz CT molecular complexity index is 1230. The summed E-state index contributed by atoms with van der Waals surface area (Å²) in [5, 5.41) is 2.77. The zero-order chi connectivity index (χ0) is 25.6. The lowest BCUT2D eigenvalue weighted by molar-refractivity contribution is -0.116. The third-order valence-electron chi connectivity index (χ3n) is 6.14. The Labute approximate surface area is 209 Å². The fraction of sp³-hybridized carbons (Fsp3) is 0.480. The molecule has 1 heterocycles. The van der Waals surface area contributed by atoms with E-state index in [1.54, 1.807) is 12.1 Å². The number of aryl methyl sites for hydroxylation is 2. The molecule has 3 rings (SSSR count). The average molecular weight is 522 g/mol. The van der Waals surface area contributed by atoms with E-state index in [2.05, 4.69) is 5.32 Å². The van der Waals surface area contributed by atoms with Gasteiger partial charge in [-0.05, 0) is 74.6 Å². The number of hydrogen-bond acceptors (Lipinski definition) is 5. The molecule has 1 aliphatic heterocycles. The Morgan fingerprint density at radius 1 is 0.943 bits per heavy atom. The van der Waals surface area contributed by atoms with Crippen LogP contribution in [0.2, 0.25) is 0 Å². The zero-order valence-corrected chi connectivity index (χ0v) is 22.3. The summed E-state index contributed by atoms with van der Waals surface area (Å²) in [6, 6.07) is 11.8. The molecule has 35 heavy (non-hydrogen) atoms. The van der Waals surface area contributed by atoms with E-state index in [1.165, 1.54) is 20.7 Å². The van der Waals surface area contributed by atoms with Gasteiger partial charge in [0.1, 0.15) is 0 Å². The highest BCUT2D eigenvalue weighted by Gasteiger charge is 2.25. The molecule has 0 saturated carbocycles. The molecule has 192 valence electrons. The molecule has 2 aromatic rings. The van der Waals surface area contributed by atoms with Gasteiger partial charge in [0.05, 0.1) is 16.8 Å². The van der Waals surface area contributed by atoms with Crippen molar-refractivity contribution in [2.24, 2.45) is 0 Å². The van der Waals surface area contributed by atoms with Gasteiger partial charge in [-0.15, -0.1) is 0 Å². The second kappa shape index (κ2) is 11.5. The highest BCUT2D eigenvalue weighted by Crippen LogP contribution is 2.25. The lowest BCUT2D eigenvalue weighted by atomic mass is 10.1. The van der Waals surface area contributed by atoms with Crippen molar-refractivity contribution >= 4 is 37.3 Å². The molecule has 1 saturated heterocycles. The molecule has 1 amide bonds. The molecule has 10 heteroatoms. The minimum absolute atomic E-state index is 0.130. The molecule has 0 atom stereocenters. The molecule has 0 unspecified atom stereocenters. The second-order valence-electron chi connectivity index (χ2n) is 9.12. The van der Waals surface area contributed by atoms with E-state index in [-0.39, 0.29) is 23.8 Å². The Kier molecular flexibility index (Phi) is 8.95. The van der Waals surface area contributed by atoms with Crippen LogP contribution in [0, 0.1) is 13.8 Å². The Morgan fingerprint density at radius 2 is 1.57 bits per heavy atom. The minimum Gasteiger partial charge on any atom is -0.326 e. The van der Waals surface area contributed by atoms with Crippen LogP contribution in [0.1, 0.15) is 49.7 Å². The average Bonchev–Trinajstić information content (AvgIpc) is 3.08. The molecule has 1 fully saturated rings. The van der Waals surface area contributed by atoms with Crippen molar-refractivity contribution in [2.75, 3.05) is 35.5 Å². The lowest BCUT2D eigenvalue weighted by Gasteiger charge is -2.24. The normalized spacial score (nSPS) is 15.4. The molecule has 8 nitrogen and oxygen atoms in total. The van der Waals surface area contributed by atoms with Crippen LogP contribution >= 0.6 is 0 Å². The predicted molar refractivity (Wildman–Crippen MR) is 140 cm³/mol. The summed E-state index contributed by atoms with van der Waals surface area (Å²) in [6.07, 6.45) is 5.46. The monoisotopic (exact) mass is 521 g/mol. The molecule has 0 aromatic heterocycles. The maximum absolute atomic E-state index is 12.9. The van der Waals surface area contributed by atoms with Gasteiger partial charge >= 0.3 is 0 Å². The molecule has 0 spiro atoms. The minimum atomic E-state index is -3.54. The summed E-state index contributed by atoms with van der Waals surface area (Å²) in [5.74, 6) is -0.262. The van der Waals surface area contributed by atoms with Gasteiger partial charge in [-0.1, -0.05) is 25.0 Å². The number of carbonyl (C=O) groups is 1. The van der Waals surface area contributed by atoms with Crippen LogP contribution in [0.15, 0.2) is 47.4 Å². The van der Waals surface area contributed by atoms with Gasteiger partial charge in [0.15, 0.2) is 0 Å². The Balaban J connectivity index is 1.58. The fourth-order valence-corrected chi connectivity index (χ4v) is 6.73. The summed E-state index contributed by atoms with van der Waals surface area (Å²) in [7, 11) is -7.05. The van der Waals surface area contributed by atoms with E-state index < -0.39 is 20.0 Å². The number of carbonyl (C=O) groups excluding carboxylic acids is 1. The predicted octanol–water partition coefficient (Wildman–Crippen LogP) is 4.05. The molecule has 0 radical (unpaired) electrons. The number of hydrogen-bond donors (Lipinski definition) is 1. The molecular weight excluding hydrogens is 486 g/mol. The maximum Gasteiger partial charge on any atom is 0.243 e. The summed E-state index contributed by atoms with van der Waals surface area (Å²) >= 11 is 0. The summed E-state index contributed by atoms with van der Waals surface area (Å²) in [4.78, 5) is 12.7. The summed E-state index contributed by atoms with van der Waals surface area (Å²) in [5.41, 5.74) is 2.92. The van der Waals surface area contributed by atoms with Gasteiger partial charge in [0, 0.05) is 31.7 Å². The van der Waals surface area contributed by atoms with Gasteiger partial charge in [0.25, 0.3) is 0 Å². The van der Waals surface area contributed by atoms with Crippen molar-refractivity contribution < 1.29 is 21.6 Å². The van der Waals surface area contributed by atoms with E-state index in [4.69, 9.17) is 0 Å². The molecular formula is C25H35N3O5S2. The number of amides is 1. The summed E-state index contributed by atoms with van der Waals surface area (Å²) < 4.78 is 53.5. The fourth-order valence-electron chi connectivity index (χ4n) is 4.20. The second-order valence-corrected chi connectivity index (χ2v) is 13.0. The first kappa shape index (κ1) is 27.2. The van der Waals surface area contributed by atoms with E-state index in [1.807, 2.05) is 32.0 Å². The van der Waals surface area contributed by atoms with Crippen molar-refractivity contribution in [3.8, 4) is 0 Å². The number of rotatable bonds is 9. The van der Waals surface area contributed by atoms with Crippen LogP contribution in [0.25, 0.3) is 0 Å². The quantitative estimate of drug-likeness (QED) is 0.536. The molecule has 0 aliphatic carbocycles. The van der Waals surface area contributed by atoms with Crippen LogP contribution in [-0.2, 0) is 24.8 Å². The summed E-state index contributed by atoms with van der Waals surface area (Å²) in [6.45, 7) is 5.02. The van der Waals surface area contributed by atoms with Crippen molar-refractivity contribution in [3.63, 3.8) is 0 Å². The van der Waals surface area contributed by atoms with Crippen LogP contribution in [-0.4, -0.2) is 52.9 Å².